The van der Waals surface area contributed by atoms with Gasteiger partial charge in [-0.2, -0.15) is 26.3 Å². The lowest BCUT2D eigenvalue weighted by molar-refractivity contribution is -0.473. The Hall–Kier alpha value is -0.990. The summed E-state index contributed by atoms with van der Waals surface area (Å²) in [4.78, 5) is 12.2. The standard InChI is InChI=1S/C16H20F6O3/c1-4-13(2,3)12(23)24-9-6-7-5-8(9)11-10(7)14(25-11,15(17,18)19)16(20,21)22/h7-11H,4-6H2,1-3H3. The van der Waals surface area contributed by atoms with Gasteiger partial charge in [0.15, 0.2) is 0 Å². The van der Waals surface area contributed by atoms with Gasteiger partial charge in [-0.3, -0.25) is 4.79 Å². The maximum atomic E-state index is 13.2. The van der Waals surface area contributed by atoms with E-state index in [1.54, 1.807) is 20.8 Å². The molecular formula is C16H20F6O3. The molecule has 1 saturated heterocycles. The Balaban J connectivity index is 1.77. The van der Waals surface area contributed by atoms with Gasteiger partial charge in [0, 0.05) is 11.8 Å². The number of hydrogen-bond donors (Lipinski definition) is 0. The van der Waals surface area contributed by atoms with Gasteiger partial charge in [-0.25, -0.2) is 0 Å². The summed E-state index contributed by atoms with van der Waals surface area (Å²) in [6.45, 7) is 5.17. The van der Waals surface area contributed by atoms with E-state index in [0.717, 1.165) is 0 Å². The summed E-state index contributed by atoms with van der Waals surface area (Å²) in [5, 5.41) is 0. The third-order valence-corrected chi connectivity index (χ3v) is 6.20. The fraction of sp³-hybridized carbons (Fsp3) is 0.938. The smallest absolute Gasteiger partial charge is 0.426 e. The normalized spacial score (nSPS) is 36.8. The first-order chi connectivity index (χ1) is 11.3. The number of halogens is 6. The van der Waals surface area contributed by atoms with Crippen molar-refractivity contribution in [1.82, 2.24) is 0 Å². The van der Waals surface area contributed by atoms with Crippen LogP contribution in [0.1, 0.15) is 40.0 Å². The maximum Gasteiger partial charge on any atom is 0.426 e. The second-order valence-corrected chi connectivity index (χ2v) is 7.92. The van der Waals surface area contributed by atoms with Crippen molar-refractivity contribution in [2.24, 2.45) is 23.2 Å². The number of alkyl halides is 6. The highest BCUT2D eigenvalue weighted by Crippen LogP contribution is 2.69. The van der Waals surface area contributed by atoms with Crippen LogP contribution in [0.2, 0.25) is 0 Å². The van der Waals surface area contributed by atoms with E-state index in [0.29, 0.717) is 6.42 Å². The first kappa shape index (κ1) is 18.8. The molecule has 0 aromatic rings. The van der Waals surface area contributed by atoms with Gasteiger partial charge >= 0.3 is 18.3 Å². The van der Waals surface area contributed by atoms with E-state index in [4.69, 9.17) is 4.74 Å². The topological polar surface area (TPSA) is 35.5 Å². The maximum absolute atomic E-state index is 13.2. The molecule has 9 heteroatoms. The van der Waals surface area contributed by atoms with Gasteiger partial charge < -0.3 is 9.47 Å². The van der Waals surface area contributed by atoms with Crippen LogP contribution in [0.15, 0.2) is 0 Å². The van der Waals surface area contributed by atoms with Crippen LogP contribution in [0, 0.1) is 23.2 Å². The average molecular weight is 374 g/mol. The molecule has 2 bridgehead atoms. The molecule has 25 heavy (non-hydrogen) atoms. The summed E-state index contributed by atoms with van der Waals surface area (Å²) in [6.07, 6.45) is -12.2. The zero-order valence-electron chi connectivity index (χ0n) is 14.0. The number of rotatable bonds is 3. The van der Waals surface area contributed by atoms with Crippen molar-refractivity contribution in [1.29, 1.82) is 0 Å². The van der Waals surface area contributed by atoms with Gasteiger partial charge in [-0.05, 0) is 39.0 Å². The fourth-order valence-corrected chi connectivity index (χ4v) is 4.44. The van der Waals surface area contributed by atoms with E-state index in [1.165, 1.54) is 0 Å². The predicted octanol–water partition coefficient (Wildman–Crippen LogP) is 4.25. The van der Waals surface area contributed by atoms with E-state index >= 15 is 0 Å². The van der Waals surface area contributed by atoms with Crippen LogP contribution < -0.4 is 0 Å². The Kier molecular flexibility index (Phi) is 3.96. The predicted molar refractivity (Wildman–Crippen MR) is 73.4 cm³/mol. The van der Waals surface area contributed by atoms with Gasteiger partial charge in [0.2, 0.25) is 0 Å². The molecular weight excluding hydrogens is 354 g/mol. The zero-order chi connectivity index (χ0) is 19.0. The average Bonchev–Trinajstić information content (AvgIpc) is 2.88. The lowest BCUT2D eigenvalue weighted by Gasteiger charge is -2.57. The highest BCUT2D eigenvalue weighted by Gasteiger charge is 2.87. The van der Waals surface area contributed by atoms with Crippen LogP contribution in [-0.4, -0.2) is 36.1 Å². The molecule has 2 saturated carbocycles. The second-order valence-electron chi connectivity index (χ2n) is 7.92. The highest BCUT2D eigenvalue weighted by atomic mass is 19.4. The lowest BCUT2D eigenvalue weighted by atomic mass is 9.67. The summed E-state index contributed by atoms with van der Waals surface area (Å²) >= 11 is 0. The number of ether oxygens (including phenoxy) is 2. The first-order valence-electron chi connectivity index (χ1n) is 8.28. The molecule has 0 spiro atoms. The molecule has 144 valence electrons. The molecule has 2 aliphatic carbocycles. The Morgan fingerprint density at radius 2 is 1.68 bits per heavy atom. The lowest BCUT2D eigenvalue weighted by Crippen LogP contribution is -2.76. The van der Waals surface area contributed by atoms with E-state index < -0.39 is 59.3 Å². The number of hydrogen-bond acceptors (Lipinski definition) is 3. The van der Waals surface area contributed by atoms with E-state index in [-0.39, 0.29) is 12.8 Å². The summed E-state index contributed by atoms with van der Waals surface area (Å²) < 4.78 is 89.1. The summed E-state index contributed by atoms with van der Waals surface area (Å²) in [7, 11) is 0. The molecule has 5 atom stereocenters. The van der Waals surface area contributed by atoms with Crippen LogP contribution in [0.25, 0.3) is 0 Å². The second kappa shape index (κ2) is 5.27. The molecule has 3 rings (SSSR count). The van der Waals surface area contributed by atoms with Crippen LogP contribution in [0.4, 0.5) is 26.3 Å². The van der Waals surface area contributed by atoms with Crippen LogP contribution in [-0.2, 0) is 14.3 Å². The minimum atomic E-state index is -5.52. The third kappa shape index (κ3) is 2.40. The molecule has 1 heterocycles. The van der Waals surface area contributed by atoms with Crippen molar-refractivity contribution in [3.8, 4) is 0 Å². The van der Waals surface area contributed by atoms with E-state index in [1.807, 2.05) is 0 Å². The van der Waals surface area contributed by atoms with Crippen molar-refractivity contribution in [3.05, 3.63) is 0 Å². The van der Waals surface area contributed by atoms with Gasteiger partial charge in [0.05, 0.1) is 11.5 Å². The third-order valence-electron chi connectivity index (χ3n) is 6.20. The van der Waals surface area contributed by atoms with Crippen LogP contribution >= 0.6 is 0 Å². The summed E-state index contributed by atoms with van der Waals surface area (Å²) in [5.41, 5.74) is -4.83. The first-order valence-corrected chi connectivity index (χ1v) is 8.28. The summed E-state index contributed by atoms with van der Waals surface area (Å²) in [6, 6.07) is 0. The Labute approximate surface area is 141 Å². The largest absolute Gasteiger partial charge is 0.462 e. The van der Waals surface area contributed by atoms with Crippen molar-refractivity contribution >= 4 is 5.97 Å². The molecule has 3 fully saturated rings. The molecule has 1 aliphatic heterocycles. The molecule has 0 radical (unpaired) electrons. The van der Waals surface area contributed by atoms with Crippen molar-refractivity contribution in [3.63, 3.8) is 0 Å². The van der Waals surface area contributed by atoms with Gasteiger partial charge in [0.25, 0.3) is 5.60 Å². The zero-order valence-corrected chi connectivity index (χ0v) is 14.0. The van der Waals surface area contributed by atoms with Gasteiger partial charge in [0.1, 0.15) is 6.10 Å². The molecule has 0 N–H and O–H groups in total. The summed E-state index contributed by atoms with van der Waals surface area (Å²) in [5.74, 6) is -3.55. The Morgan fingerprint density at radius 3 is 2.12 bits per heavy atom. The number of fused-ring (bicyclic) bond motifs is 5. The Morgan fingerprint density at radius 1 is 1.12 bits per heavy atom. The Bertz CT molecular complexity index is 551. The molecule has 5 unspecified atom stereocenters. The van der Waals surface area contributed by atoms with Crippen LogP contribution in [0.3, 0.4) is 0 Å². The van der Waals surface area contributed by atoms with Crippen LogP contribution in [0.5, 0.6) is 0 Å². The number of carbonyl (C=O) groups excluding carboxylic acids is 1. The molecule has 3 nitrogen and oxygen atoms in total. The fourth-order valence-electron chi connectivity index (χ4n) is 4.44. The van der Waals surface area contributed by atoms with Crippen molar-refractivity contribution < 1.29 is 40.6 Å². The minimum Gasteiger partial charge on any atom is -0.462 e. The molecule has 0 aromatic heterocycles. The molecule has 0 amide bonds. The highest BCUT2D eigenvalue weighted by molar-refractivity contribution is 5.76. The molecule has 3 aliphatic rings. The monoisotopic (exact) mass is 374 g/mol. The molecule has 0 aromatic carbocycles. The quantitative estimate of drug-likeness (QED) is 0.547. The van der Waals surface area contributed by atoms with E-state index in [2.05, 4.69) is 4.74 Å². The number of esters is 1. The van der Waals surface area contributed by atoms with Crippen molar-refractivity contribution in [2.75, 3.05) is 0 Å². The number of carbonyl (C=O) groups is 1. The minimum absolute atomic E-state index is 0.0225. The van der Waals surface area contributed by atoms with Gasteiger partial charge in [-0.15, -0.1) is 0 Å². The van der Waals surface area contributed by atoms with Crippen molar-refractivity contribution in [2.45, 2.75) is 70.2 Å². The van der Waals surface area contributed by atoms with E-state index in [9.17, 15) is 31.1 Å². The van der Waals surface area contributed by atoms with Gasteiger partial charge in [-0.1, -0.05) is 6.92 Å². The SMILES string of the molecule is CCC(C)(C)C(=O)OC1CC2CC1C1OC(C(F)(F)F)(C(F)(F)F)C21.